The number of ketones is 1. The molecule has 2 aliphatic carbocycles. The van der Waals surface area contributed by atoms with Crippen LogP contribution in [-0.2, 0) is 13.5 Å². The summed E-state index contributed by atoms with van der Waals surface area (Å²) in [7, 11) is 1.83. The highest BCUT2D eigenvalue weighted by atomic mass is 16.3. The lowest BCUT2D eigenvalue weighted by Crippen LogP contribution is -2.41. The van der Waals surface area contributed by atoms with E-state index in [1.54, 1.807) is 17.8 Å². The van der Waals surface area contributed by atoms with Crippen molar-refractivity contribution in [3.8, 4) is 0 Å². The molecule has 138 valence electrons. The fraction of sp³-hybridized carbons (Fsp3) is 0.526. The van der Waals surface area contributed by atoms with Crippen LogP contribution in [0.5, 0.6) is 0 Å². The summed E-state index contributed by atoms with van der Waals surface area (Å²) in [5, 5.41) is 16.9. The summed E-state index contributed by atoms with van der Waals surface area (Å²) in [6, 6.07) is -0.247. The van der Waals surface area contributed by atoms with Crippen molar-refractivity contribution in [1.82, 2.24) is 15.1 Å². The molecule has 2 aromatic rings. The number of aryl methyl sites for hydroxylation is 3. The fourth-order valence-electron chi connectivity index (χ4n) is 4.07. The number of nitrogens with zero attached hydrogens (tertiary/aromatic N) is 2. The first kappa shape index (κ1) is 17.0. The largest absolute Gasteiger partial charge is 0.465 e. The summed E-state index contributed by atoms with van der Waals surface area (Å²) in [5.41, 5.74) is 1.71. The van der Waals surface area contributed by atoms with Crippen molar-refractivity contribution in [2.45, 2.75) is 51.2 Å². The summed E-state index contributed by atoms with van der Waals surface area (Å²) in [4.78, 5) is 25.4. The average molecular weight is 357 g/mol. The van der Waals surface area contributed by atoms with E-state index in [1.165, 1.54) is 0 Å². The maximum absolute atomic E-state index is 13.0. The lowest BCUT2D eigenvalue weighted by molar-refractivity contribution is 0.0235. The van der Waals surface area contributed by atoms with Crippen molar-refractivity contribution in [2.24, 2.45) is 13.0 Å². The fourth-order valence-corrected chi connectivity index (χ4v) is 4.07. The molecule has 2 aliphatic rings. The predicted molar refractivity (Wildman–Crippen MR) is 92.9 cm³/mol. The Morgan fingerprint density at radius 1 is 1.42 bits per heavy atom. The molecule has 7 heteroatoms. The van der Waals surface area contributed by atoms with E-state index in [0.29, 0.717) is 48.3 Å². The van der Waals surface area contributed by atoms with E-state index >= 15 is 0 Å². The molecule has 2 N–H and O–H groups in total. The Hall–Kier alpha value is -2.41. The van der Waals surface area contributed by atoms with Gasteiger partial charge in [0.2, 0.25) is 0 Å². The number of aliphatic hydroxyl groups excluding tert-OH is 1. The summed E-state index contributed by atoms with van der Waals surface area (Å²) in [6.45, 7) is 1.73. The quantitative estimate of drug-likeness (QED) is 0.873. The van der Waals surface area contributed by atoms with Crippen LogP contribution in [0.2, 0.25) is 0 Å². The number of fused-ring (bicyclic) bond motifs is 1. The topological polar surface area (TPSA) is 97.4 Å². The molecule has 4 rings (SSSR count). The number of hydrogen-bond acceptors (Lipinski definition) is 5. The van der Waals surface area contributed by atoms with Gasteiger partial charge in [-0.1, -0.05) is 0 Å². The van der Waals surface area contributed by atoms with Crippen molar-refractivity contribution < 1.29 is 19.1 Å². The Kier molecular flexibility index (Phi) is 4.19. The van der Waals surface area contributed by atoms with Crippen LogP contribution in [0.4, 0.5) is 0 Å². The van der Waals surface area contributed by atoms with Crippen molar-refractivity contribution in [1.29, 1.82) is 0 Å². The van der Waals surface area contributed by atoms with Crippen LogP contribution >= 0.6 is 0 Å². The van der Waals surface area contributed by atoms with Crippen LogP contribution in [0.3, 0.4) is 0 Å². The third kappa shape index (κ3) is 2.86. The summed E-state index contributed by atoms with van der Waals surface area (Å²) in [5.74, 6) is 0.947. The van der Waals surface area contributed by atoms with Crippen LogP contribution < -0.4 is 5.32 Å². The summed E-state index contributed by atoms with van der Waals surface area (Å²) < 4.78 is 7.39. The van der Waals surface area contributed by atoms with Crippen LogP contribution in [0, 0.1) is 12.8 Å². The van der Waals surface area contributed by atoms with Gasteiger partial charge in [0, 0.05) is 31.6 Å². The molecular formula is C19H23N3O4. The van der Waals surface area contributed by atoms with Crippen molar-refractivity contribution in [2.75, 3.05) is 0 Å². The van der Waals surface area contributed by atoms with E-state index < -0.39 is 0 Å². The lowest BCUT2D eigenvalue weighted by Gasteiger charge is -2.37. The van der Waals surface area contributed by atoms with Gasteiger partial charge < -0.3 is 14.8 Å². The number of carbonyl (C=O) groups excluding carboxylic acids is 2. The average Bonchev–Trinajstić information content (AvgIpc) is 3.13. The number of rotatable bonds is 4. The maximum Gasteiger partial charge on any atom is 0.256 e. The van der Waals surface area contributed by atoms with Gasteiger partial charge in [0.05, 0.1) is 29.5 Å². The molecule has 0 unspecified atom stereocenters. The number of amides is 1. The van der Waals surface area contributed by atoms with E-state index in [2.05, 4.69) is 10.4 Å². The minimum Gasteiger partial charge on any atom is -0.465 e. The van der Waals surface area contributed by atoms with Crippen LogP contribution in [0.1, 0.15) is 69.5 Å². The van der Waals surface area contributed by atoms with Crippen LogP contribution in [0.25, 0.3) is 0 Å². The molecule has 2 aromatic heterocycles. The number of aromatic nitrogens is 2. The molecule has 0 saturated heterocycles. The minimum absolute atomic E-state index is 0.0229. The normalized spacial score (nSPS) is 23.3. The Morgan fingerprint density at radius 3 is 2.85 bits per heavy atom. The highest BCUT2D eigenvalue weighted by Gasteiger charge is 2.38. The van der Waals surface area contributed by atoms with Gasteiger partial charge in [-0.3, -0.25) is 14.3 Å². The predicted octanol–water partition coefficient (Wildman–Crippen LogP) is 2.08. The standard InChI is InChI=1S/C19H23N3O4/c1-10-16(17-14(24)4-3-5-15(17)26-10)19(25)21-18(11-6-13(23)7-11)12-8-20-22(2)9-12/h8-9,11,13,18,23H,3-7H2,1-2H3,(H,21,25)/t11?,13?,18-/m0/s1. The Labute approximate surface area is 151 Å². The minimum atomic E-state index is -0.318. The molecule has 0 radical (unpaired) electrons. The second-order valence-corrected chi connectivity index (χ2v) is 7.39. The molecule has 7 nitrogen and oxygen atoms in total. The molecule has 1 saturated carbocycles. The number of nitrogens with one attached hydrogen (secondary N) is 1. The second-order valence-electron chi connectivity index (χ2n) is 7.39. The van der Waals surface area contributed by atoms with Crippen molar-refractivity contribution >= 4 is 11.7 Å². The molecule has 1 atom stereocenters. The Bertz CT molecular complexity index is 860. The molecule has 0 spiro atoms. The summed E-state index contributed by atoms with van der Waals surface area (Å²) in [6.07, 6.45) is 6.47. The van der Waals surface area contributed by atoms with E-state index in [0.717, 1.165) is 12.0 Å². The van der Waals surface area contributed by atoms with Gasteiger partial charge in [0.1, 0.15) is 11.5 Å². The first-order chi connectivity index (χ1) is 12.4. The maximum atomic E-state index is 13.0. The zero-order valence-corrected chi connectivity index (χ0v) is 15.0. The molecule has 1 fully saturated rings. The zero-order chi connectivity index (χ0) is 18.4. The van der Waals surface area contributed by atoms with Crippen molar-refractivity contribution in [3.05, 3.63) is 40.6 Å². The molecule has 2 heterocycles. The molecule has 0 bridgehead atoms. The van der Waals surface area contributed by atoms with Gasteiger partial charge in [-0.2, -0.15) is 5.10 Å². The number of Topliss-reactive ketones (excluding diaryl/α,β-unsaturated/α-hetero) is 1. The van der Waals surface area contributed by atoms with Gasteiger partial charge in [-0.15, -0.1) is 0 Å². The van der Waals surface area contributed by atoms with E-state index in [1.807, 2.05) is 13.2 Å². The van der Waals surface area contributed by atoms with Gasteiger partial charge >= 0.3 is 0 Å². The molecular weight excluding hydrogens is 334 g/mol. The number of aliphatic hydroxyl groups is 1. The molecule has 0 aliphatic heterocycles. The molecule has 26 heavy (non-hydrogen) atoms. The van der Waals surface area contributed by atoms with Crippen molar-refractivity contribution in [3.63, 3.8) is 0 Å². The first-order valence-electron chi connectivity index (χ1n) is 9.07. The highest BCUT2D eigenvalue weighted by Crippen LogP contribution is 2.38. The van der Waals surface area contributed by atoms with Gasteiger partial charge in [-0.05, 0) is 32.1 Å². The Balaban J connectivity index is 1.63. The van der Waals surface area contributed by atoms with Gasteiger partial charge in [0.15, 0.2) is 5.78 Å². The molecule has 0 aromatic carbocycles. The van der Waals surface area contributed by atoms with Gasteiger partial charge in [0.25, 0.3) is 5.91 Å². The monoisotopic (exact) mass is 357 g/mol. The third-order valence-electron chi connectivity index (χ3n) is 5.46. The van der Waals surface area contributed by atoms with Crippen LogP contribution in [0.15, 0.2) is 16.8 Å². The van der Waals surface area contributed by atoms with E-state index in [-0.39, 0.29) is 29.8 Å². The van der Waals surface area contributed by atoms with E-state index in [9.17, 15) is 14.7 Å². The molecule has 1 amide bonds. The SMILES string of the molecule is Cc1oc2c(c1C(=O)N[C@H](c1cnn(C)c1)C1CC(O)C1)C(=O)CCC2. The zero-order valence-electron chi connectivity index (χ0n) is 15.0. The third-order valence-corrected chi connectivity index (χ3v) is 5.46. The van der Waals surface area contributed by atoms with E-state index in [4.69, 9.17) is 4.42 Å². The highest BCUT2D eigenvalue weighted by molar-refractivity contribution is 6.10. The second kappa shape index (κ2) is 6.39. The smallest absolute Gasteiger partial charge is 0.256 e. The van der Waals surface area contributed by atoms with Crippen LogP contribution in [-0.4, -0.2) is 32.7 Å². The number of furan rings is 1. The van der Waals surface area contributed by atoms with Gasteiger partial charge in [-0.25, -0.2) is 0 Å². The first-order valence-corrected chi connectivity index (χ1v) is 9.07. The lowest BCUT2D eigenvalue weighted by atomic mass is 9.75. The summed E-state index contributed by atoms with van der Waals surface area (Å²) >= 11 is 0. The number of carbonyl (C=O) groups is 2. The number of hydrogen-bond donors (Lipinski definition) is 2. The Morgan fingerprint density at radius 2 is 2.19 bits per heavy atom.